The fourth-order valence-electron chi connectivity index (χ4n) is 9.93. The Kier molecular flexibility index (Phi) is 6.66. The third kappa shape index (κ3) is 4.46. The van der Waals surface area contributed by atoms with Crippen LogP contribution in [0.5, 0.6) is 0 Å². The molecule has 1 nitrogen and oxygen atoms in total. The topological polar surface area (TPSA) is 13.1 Å². The molecule has 0 radical (unpaired) electrons. The molecule has 0 aliphatic heterocycles. The number of thiophene rings is 1. The first kappa shape index (κ1) is 31.9. The number of rotatable bonds is 3. The van der Waals surface area contributed by atoms with Crippen LogP contribution >= 0.6 is 11.3 Å². The van der Waals surface area contributed by atoms with Crippen LogP contribution in [0.15, 0.2) is 199 Å². The molecule has 0 unspecified atom stereocenters. The summed E-state index contributed by atoms with van der Waals surface area (Å²) in [6.07, 6.45) is 0. The second-order valence-electron chi connectivity index (χ2n) is 15.5. The van der Waals surface area contributed by atoms with Gasteiger partial charge in [-0.25, -0.2) is 0 Å². The summed E-state index contributed by atoms with van der Waals surface area (Å²) >= 11 is 1.83. The zero-order valence-electron chi connectivity index (χ0n) is 31.3. The molecule has 0 bridgehead atoms. The maximum absolute atomic E-state index is 6.72. The van der Waals surface area contributed by atoms with Crippen molar-refractivity contribution < 1.29 is 4.42 Å². The van der Waals surface area contributed by atoms with Crippen LogP contribution in [0, 0.1) is 0 Å². The van der Waals surface area contributed by atoms with E-state index in [4.69, 9.17) is 4.42 Å². The molecule has 0 amide bonds. The minimum absolute atomic E-state index is 0.915. The van der Waals surface area contributed by atoms with E-state index >= 15 is 0 Å². The molecule has 13 aromatic rings. The first-order valence-corrected chi connectivity index (χ1v) is 20.7. The van der Waals surface area contributed by atoms with Crippen LogP contribution in [-0.4, -0.2) is 0 Å². The van der Waals surface area contributed by atoms with Crippen LogP contribution in [0.3, 0.4) is 0 Å². The van der Waals surface area contributed by atoms with Gasteiger partial charge in [0.1, 0.15) is 5.58 Å². The first-order chi connectivity index (χ1) is 28.8. The van der Waals surface area contributed by atoms with Crippen molar-refractivity contribution in [2.75, 3.05) is 0 Å². The Hall–Kier alpha value is -7.26. The molecule has 2 aromatic heterocycles. The van der Waals surface area contributed by atoms with Gasteiger partial charge in [0.2, 0.25) is 0 Å². The fraction of sp³-hybridized carbons (Fsp3) is 0. The highest BCUT2D eigenvalue weighted by Gasteiger charge is 2.21. The van der Waals surface area contributed by atoms with Gasteiger partial charge < -0.3 is 4.42 Å². The fourth-order valence-corrected chi connectivity index (χ4v) is 11.1. The highest BCUT2D eigenvalue weighted by atomic mass is 32.1. The molecule has 0 aliphatic carbocycles. The lowest BCUT2D eigenvalue weighted by atomic mass is 9.83. The van der Waals surface area contributed by atoms with Gasteiger partial charge >= 0.3 is 0 Å². The van der Waals surface area contributed by atoms with Gasteiger partial charge in [-0.1, -0.05) is 170 Å². The quantitative estimate of drug-likeness (QED) is 0.164. The monoisotopic (exact) mass is 752 g/mol. The van der Waals surface area contributed by atoms with Crippen molar-refractivity contribution in [3.05, 3.63) is 194 Å². The Morgan fingerprint density at radius 3 is 1.57 bits per heavy atom. The van der Waals surface area contributed by atoms with E-state index in [1.807, 2.05) is 11.3 Å². The molecule has 0 atom stereocenters. The molecule has 13 rings (SSSR count). The average Bonchev–Trinajstić information content (AvgIpc) is 3.86. The minimum Gasteiger partial charge on any atom is -0.455 e. The average molecular weight is 753 g/mol. The van der Waals surface area contributed by atoms with Crippen LogP contribution in [0.4, 0.5) is 0 Å². The maximum Gasteiger partial charge on any atom is 0.153 e. The Morgan fingerprint density at radius 1 is 0.328 bits per heavy atom. The predicted octanol–water partition coefficient (Wildman–Crippen LogP) is 16.7. The highest BCUT2D eigenvalue weighted by molar-refractivity contribution is 7.26. The Morgan fingerprint density at radius 2 is 0.862 bits per heavy atom. The molecule has 0 fully saturated rings. The lowest BCUT2D eigenvalue weighted by Gasteiger charge is -2.20. The summed E-state index contributed by atoms with van der Waals surface area (Å²) in [6.45, 7) is 0. The summed E-state index contributed by atoms with van der Waals surface area (Å²) in [7, 11) is 0. The van der Waals surface area contributed by atoms with Gasteiger partial charge in [0, 0.05) is 26.2 Å². The lowest BCUT2D eigenvalue weighted by Crippen LogP contribution is -1.93. The summed E-state index contributed by atoms with van der Waals surface area (Å²) in [5.41, 5.74) is 9.35. The van der Waals surface area contributed by atoms with Gasteiger partial charge in [-0.15, -0.1) is 11.3 Å². The molecule has 11 aromatic carbocycles. The zero-order valence-corrected chi connectivity index (χ0v) is 32.1. The molecular formula is C56H32OS. The van der Waals surface area contributed by atoms with E-state index in [9.17, 15) is 0 Å². The second-order valence-corrected chi connectivity index (χ2v) is 16.5. The summed E-state index contributed by atoms with van der Waals surface area (Å²) in [6, 6.07) is 71.5. The maximum atomic E-state index is 6.72. The van der Waals surface area contributed by atoms with Crippen molar-refractivity contribution >= 4 is 107 Å². The molecule has 268 valence electrons. The van der Waals surface area contributed by atoms with E-state index in [1.54, 1.807) is 0 Å². The standard InChI is InChI=1S/C56H32OS/c1-3-15-36-33(12-1)14-11-23-41(36)52-42-19-7-9-21-44(42)53(45-22-10-8-20-43(45)52)46-27-26-37(39-17-5-6-18-40(39)46)35-24-30-50-49(32-35)47-28-29-48-54-38-16-4-2-13-34(38)25-31-51(54)58-56(48)55(47)57-50/h1-32H. The van der Waals surface area contributed by atoms with E-state index in [2.05, 4.69) is 194 Å². The minimum atomic E-state index is 0.915. The highest BCUT2D eigenvalue weighted by Crippen LogP contribution is 2.49. The van der Waals surface area contributed by atoms with Crippen LogP contribution in [0.25, 0.3) is 129 Å². The van der Waals surface area contributed by atoms with Crippen LogP contribution in [0.1, 0.15) is 0 Å². The molecule has 0 saturated carbocycles. The number of furan rings is 1. The van der Waals surface area contributed by atoms with Crippen LogP contribution < -0.4 is 0 Å². The zero-order chi connectivity index (χ0) is 37.9. The third-order valence-electron chi connectivity index (χ3n) is 12.5. The smallest absolute Gasteiger partial charge is 0.153 e. The van der Waals surface area contributed by atoms with Crippen molar-refractivity contribution in [3.63, 3.8) is 0 Å². The van der Waals surface area contributed by atoms with Gasteiger partial charge in [-0.3, -0.25) is 0 Å². The van der Waals surface area contributed by atoms with Crippen LogP contribution in [0.2, 0.25) is 0 Å². The lowest BCUT2D eigenvalue weighted by molar-refractivity contribution is 0.673. The number of hydrogen-bond donors (Lipinski definition) is 0. The van der Waals surface area contributed by atoms with E-state index in [0.717, 1.165) is 21.9 Å². The molecule has 2 heteroatoms. The van der Waals surface area contributed by atoms with Crippen molar-refractivity contribution in [2.45, 2.75) is 0 Å². The van der Waals surface area contributed by atoms with Crippen molar-refractivity contribution in [3.8, 4) is 33.4 Å². The predicted molar refractivity (Wildman–Crippen MR) is 250 cm³/mol. The molecule has 2 heterocycles. The number of benzene rings is 11. The van der Waals surface area contributed by atoms with Gasteiger partial charge in [0.15, 0.2) is 5.58 Å². The second kappa shape index (κ2) is 12.1. The summed E-state index contributed by atoms with van der Waals surface area (Å²) in [4.78, 5) is 0. The van der Waals surface area contributed by atoms with Crippen LogP contribution in [-0.2, 0) is 0 Å². The Labute approximate surface area is 337 Å². The normalized spacial score (nSPS) is 12.1. The van der Waals surface area contributed by atoms with Crippen molar-refractivity contribution in [1.29, 1.82) is 0 Å². The molecular weight excluding hydrogens is 721 g/mol. The van der Waals surface area contributed by atoms with Crippen molar-refractivity contribution in [1.82, 2.24) is 0 Å². The summed E-state index contributed by atoms with van der Waals surface area (Å²) in [5.74, 6) is 0. The molecule has 0 spiro atoms. The van der Waals surface area contributed by atoms with Gasteiger partial charge in [-0.05, 0) is 112 Å². The molecule has 0 saturated heterocycles. The van der Waals surface area contributed by atoms with Gasteiger partial charge in [-0.2, -0.15) is 0 Å². The molecule has 58 heavy (non-hydrogen) atoms. The van der Waals surface area contributed by atoms with E-state index in [-0.39, 0.29) is 0 Å². The first-order valence-electron chi connectivity index (χ1n) is 19.9. The van der Waals surface area contributed by atoms with Gasteiger partial charge in [0.25, 0.3) is 0 Å². The van der Waals surface area contributed by atoms with E-state index in [1.165, 1.54) is 107 Å². The largest absolute Gasteiger partial charge is 0.455 e. The summed E-state index contributed by atoms with van der Waals surface area (Å²) in [5, 5.41) is 17.5. The summed E-state index contributed by atoms with van der Waals surface area (Å²) < 4.78 is 9.22. The Balaban J connectivity index is 1.02. The van der Waals surface area contributed by atoms with E-state index < -0.39 is 0 Å². The third-order valence-corrected chi connectivity index (χ3v) is 13.6. The van der Waals surface area contributed by atoms with E-state index in [0.29, 0.717) is 0 Å². The number of hydrogen-bond acceptors (Lipinski definition) is 2. The number of fused-ring (bicyclic) bond motifs is 13. The molecule has 0 aliphatic rings. The SMILES string of the molecule is c1ccc2c(-c3c4ccccc4c(-c4ccc(-c5ccc6oc7c(ccc8c7sc7ccc9ccccc9c78)c6c5)c5ccccc45)c4ccccc34)cccc2c1. The Bertz CT molecular complexity index is 3800. The van der Waals surface area contributed by atoms with Gasteiger partial charge in [0.05, 0.1) is 4.70 Å². The molecule has 0 N–H and O–H groups in total. The van der Waals surface area contributed by atoms with Crippen molar-refractivity contribution in [2.24, 2.45) is 0 Å².